The highest BCUT2D eigenvalue weighted by Crippen LogP contribution is 2.37. The van der Waals surface area contributed by atoms with Gasteiger partial charge >= 0.3 is 5.97 Å². The Morgan fingerprint density at radius 1 is 1.13 bits per heavy atom. The van der Waals surface area contributed by atoms with Crippen molar-refractivity contribution >= 4 is 11.9 Å². The lowest BCUT2D eigenvalue weighted by atomic mass is 9.91. The van der Waals surface area contributed by atoms with Gasteiger partial charge in [-0.15, -0.1) is 0 Å². The molecule has 1 amide bonds. The van der Waals surface area contributed by atoms with Crippen LogP contribution in [-0.4, -0.2) is 40.6 Å². The smallest absolute Gasteiger partial charge is 0.305 e. The van der Waals surface area contributed by atoms with Crippen molar-refractivity contribution < 1.29 is 19.4 Å². The van der Waals surface area contributed by atoms with Crippen molar-refractivity contribution in [1.82, 2.24) is 4.90 Å². The van der Waals surface area contributed by atoms with Crippen LogP contribution in [0.15, 0.2) is 42.5 Å². The fourth-order valence-corrected chi connectivity index (χ4v) is 4.21. The molecule has 31 heavy (non-hydrogen) atoms. The van der Waals surface area contributed by atoms with Crippen molar-refractivity contribution in [3.05, 3.63) is 64.7 Å². The number of carboxylic acids is 1. The molecular formula is C26H33NO4. The maximum absolute atomic E-state index is 13.1. The summed E-state index contributed by atoms with van der Waals surface area (Å²) in [5, 5.41) is 9.03. The van der Waals surface area contributed by atoms with E-state index in [1.165, 1.54) is 11.1 Å². The molecule has 1 aliphatic heterocycles. The highest BCUT2D eigenvalue weighted by atomic mass is 16.5. The third-order valence-corrected chi connectivity index (χ3v) is 5.71. The van der Waals surface area contributed by atoms with Crippen LogP contribution in [0.25, 0.3) is 0 Å². The van der Waals surface area contributed by atoms with Crippen LogP contribution >= 0.6 is 0 Å². The summed E-state index contributed by atoms with van der Waals surface area (Å²) in [6, 6.07) is 14.2. The molecule has 1 N–H and O–H groups in total. The Labute approximate surface area is 185 Å². The van der Waals surface area contributed by atoms with E-state index < -0.39 is 5.97 Å². The second-order valence-corrected chi connectivity index (χ2v) is 9.19. The first-order valence-corrected chi connectivity index (χ1v) is 11.1. The maximum atomic E-state index is 13.1. The summed E-state index contributed by atoms with van der Waals surface area (Å²) in [5.74, 6) is 0.0659. The van der Waals surface area contributed by atoms with Crippen LogP contribution in [0.5, 0.6) is 5.75 Å². The number of benzene rings is 2. The van der Waals surface area contributed by atoms with Gasteiger partial charge in [0.1, 0.15) is 11.4 Å². The molecule has 0 fully saturated rings. The number of hydrogen-bond donors (Lipinski definition) is 1. The highest BCUT2D eigenvalue weighted by Gasteiger charge is 2.35. The fraction of sp³-hybridized carbons (Fsp3) is 0.462. The molecular weight excluding hydrogens is 390 g/mol. The van der Waals surface area contributed by atoms with Crippen molar-refractivity contribution in [2.75, 3.05) is 13.1 Å². The summed E-state index contributed by atoms with van der Waals surface area (Å²) >= 11 is 0. The summed E-state index contributed by atoms with van der Waals surface area (Å²) in [5.41, 5.74) is 3.83. The quantitative estimate of drug-likeness (QED) is 0.632. The van der Waals surface area contributed by atoms with E-state index in [9.17, 15) is 9.59 Å². The number of carbonyl (C=O) groups excluding carboxylic acids is 1. The molecule has 0 aliphatic carbocycles. The number of carboxylic acid groups (broad SMARTS) is 1. The van der Waals surface area contributed by atoms with Crippen LogP contribution in [0, 0.1) is 5.92 Å². The summed E-state index contributed by atoms with van der Waals surface area (Å²) in [6.45, 7) is 9.05. The SMILES string of the molecule is CCc1ccc(CC2(C)Cc3cc(C(=O)N(CCC(=O)O)CC(C)C)ccc3O2)cc1. The lowest BCUT2D eigenvalue weighted by Crippen LogP contribution is -2.36. The zero-order chi connectivity index (χ0) is 22.6. The molecule has 2 aromatic carbocycles. The molecule has 5 heteroatoms. The van der Waals surface area contributed by atoms with Gasteiger partial charge in [-0.05, 0) is 54.2 Å². The van der Waals surface area contributed by atoms with Gasteiger partial charge in [0.25, 0.3) is 5.91 Å². The number of nitrogens with zero attached hydrogens (tertiary/aromatic N) is 1. The zero-order valence-electron chi connectivity index (χ0n) is 19.0. The fourth-order valence-electron chi connectivity index (χ4n) is 4.21. The van der Waals surface area contributed by atoms with Gasteiger partial charge in [-0.2, -0.15) is 0 Å². The van der Waals surface area contributed by atoms with Gasteiger partial charge in [0.05, 0.1) is 6.42 Å². The minimum Gasteiger partial charge on any atom is -0.487 e. The summed E-state index contributed by atoms with van der Waals surface area (Å²) in [4.78, 5) is 25.7. The topological polar surface area (TPSA) is 66.8 Å². The van der Waals surface area contributed by atoms with Crippen LogP contribution in [0.1, 0.15) is 61.2 Å². The van der Waals surface area contributed by atoms with Crippen LogP contribution in [0.2, 0.25) is 0 Å². The lowest BCUT2D eigenvalue weighted by molar-refractivity contribution is -0.137. The van der Waals surface area contributed by atoms with E-state index in [0.717, 1.165) is 30.6 Å². The Hall–Kier alpha value is -2.82. The number of fused-ring (bicyclic) bond motifs is 1. The molecule has 3 rings (SSSR count). The van der Waals surface area contributed by atoms with Crippen molar-refractivity contribution in [3.8, 4) is 5.75 Å². The van der Waals surface area contributed by atoms with Gasteiger partial charge in [0.2, 0.25) is 0 Å². The van der Waals surface area contributed by atoms with E-state index in [4.69, 9.17) is 9.84 Å². The molecule has 5 nitrogen and oxygen atoms in total. The number of ether oxygens (including phenoxy) is 1. The monoisotopic (exact) mass is 423 g/mol. The van der Waals surface area contributed by atoms with Crippen LogP contribution in [0.3, 0.4) is 0 Å². The molecule has 0 radical (unpaired) electrons. The van der Waals surface area contributed by atoms with Crippen LogP contribution in [-0.2, 0) is 24.1 Å². The summed E-state index contributed by atoms with van der Waals surface area (Å²) in [6.07, 6.45) is 2.50. The third kappa shape index (κ3) is 5.87. The normalized spacial score (nSPS) is 17.3. The standard InChI is InChI=1S/C26H33NO4/c1-5-19-6-8-20(9-7-19)15-26(4)16-22-14-21(10-11-23(22)31-26)25(30)27(17-18(2)3)13-12-24(28)29/h6-11,14,18H,5,12-13,15-17H2,1-4H3,(H,28,29). The first-order chi connectivity index (χ1) is 14.7. The lowest BCUT2D eigenvalue weighted by Gasteiger charge is -2.24. The van der Waals surface area contributed by atoms with Gasteiger partial charge in [-0.1, -0.05) is 45.0 Å². The van der Waals surface area contributed by atoms with Gasteiger partial charge in [0, 0.05) is 31.5 Å². The van der Waals surface area contributed by atoms with Crippen molar-refractivity contribution in [1.29, 1.82) is 0 Å². The molecule has 1 unspecified atom stereocenters. The molecule has 0 spiro atoms. The second-order valence-electron chi connectivity index (χ2n) is 9.19. The zero-order valence-corrected chi connectivity index (χ0v) is 19.0. The first-order valence-electron chi connectivity index (χ1n) is 11.1. The number of hydrogen-bond acceptors (Lipinski definition) is 3. The predicted molar refractivity (Wildman–Crippen MR) is 122 cm³/mol. The van der Waals surface area contributed by atoms with E-state index in [0.29, 0.717) is 12.1 Å². The Morgan fingerprint density at radius 2 is 1.81 bits per heavy atom. The number of aliphatic carboxylic acids is 1. The first kappa shape index (κ1) is 22.9. The average molecular weight is 424 g/mol. The number of aryl methyl sites for hydroxylation is 1. The third-order valence-electron chi connectivity index (χ3n) is 5.71. The molecule has 0 saturated heterocycles. The Bertz CT molecular complexity index is 935. The van der Waals surface area contributed by atoms with E-state index in [1.54, 1.807) is 11.0 Å². The molecule has 0 aromatic heterocycles. The number of rotatable bonds is 9. The van der Waals surface area contributed by atoms with Crippen molar-refractivity contribution in [2.24, 2.45) is 5.92 Å². The van der Waals surface area contributed by atoms with Crippen LogP contribution < -0.4 is 4.74 Å². The molecule has 0 bridgehead atoms. The highest BCUT2D eigenvalue weighted by molar-refractivity contribution is 5.95. The molecule has 2 aromatic rings. The van der Waals surface area contributed by atoms with Crippen molar-refractivity contribution in [3.63, 3.8) is 0 Å². The molecule has 1 aliphatic rings. The molecule has 1 heterocycles. The van der Waals surface area contributed by atoms with Gasteiger partial charge in [0.15, 0.2) is 0 Å². The summed E-state index contributed by atoms with van der Waals surface area (Å²) in [7, 11) is 0. The van der Waals surface area contributed by atoms with Gasteiger partial charge in [-0.25, -0.2) is 0 Å². The van der Waals surface area contributed by atoms with E-state index >= 15 is 0 Å². The number of carbonyl (C=O) groups is 2. The molecule has 166 valence electrons. The Balaban J connectivity index is 1.74. The Morgan fingerprint density at radius 3 is 2.42 bits per heavy atom. The largest absolute Gasteiger partial charge is 0.487 e. The minimum absolute atomic E-state index is 0.0542. The van der Waals surface area contributed by atoms with E-state index in [2.05, 4.69) is 38.1 Å². The van der Waals surface area contributed by atoms with E-state index in [1.807, 2.05) is 26.0 Å². The maximum Gasteiger partial charge on any atom is 0.305 e. The van der Waals surface area contributed by atoms with E-state index in [-0.39, 0.29) is 30.4 Å². The van der Waals surface area contributed by atoms with Crippen molar-refractivity contribution in [2.45, 2.75) is 59.0 Å². The van der Waals surface area contributed by atoms with Gasteiger partial charge in [-0.3, -0.25) is 9.59 Å². The Kier molecular flexibility index (Phi) is 7.04. The van der Waals surface area contributed by atoms with Gasteiger partial charge < -0.3 is 14.7 Å². The molecule has 1 atom stereocenters. The molecule has 0 saturated carbocycles. The predicted octanol–water partition coefficient (Wildman–Crippen LogP) is 4.76. The second kappa shape index (κ2) is 9.54. The number of amides is 1. The summed E-state index contributed by atoms with van der Waals surface area (Å²) < 4.78 is 6.29. The minimum atomic E-state index is -0.897. The average Bonchev–Trinajstić information content (AvgIpc) is 3.05. The van der Waals surface area contributed by atoms with Crippen LogP contribution in [0.4, 0.5) is 0 Å².